The maximum atomic E-state index is 5.80. The van der Waals surface area contributed by atoms with Crippen molar-refractivity contribution in [3.8, 4) is 5.75 Å². The van der Waals surface area contributed by atoms with Gasteiger partial charge in [-0.15, -0.1) is 23.2 Å². The first-order valence-electron chi connectivity index (χ1n) is 4.67. The van der Waals surface area contributed by atoms with Crippen molar-refractivity contribution >= 4 is 23.2 Å². The molecule has 0 radical (unpaired) electrons. The smallest absolute Gasteiger partial charge is 0.118 e. The monoisotopic (exact) mass is 248 g/mol. The van der Waals surface area contributed by atoms with Crippen molar-refractivity contribution in [2.75, 3.05) is 19.6 Å². The van der Waals surface area contributed by atoms with E-state index in [2.05, 4.69) is 0 Å². The van der Waals surface area contributed by atoms with Crippen molar-refractivity contribution in [3.63, 3.8) is 0 Å². The average Bonchev–Trinajstić information content (AvgIpc) is 2.29. The van der Waals surface area contributed by atoms with E-state index in [1.807, 2.05) is 24.3 Å². The Balaban J connectivity index is 2.31. The van der Waals surface area contributed by atoms with Crippen molar-refractivity contribution < 1.29 is 9.47 Å². The second-order valence-electron chi connectivity index (χ2n) is 3.11. The highest BCUT2D eigenvalue weighted by Crippen LogP contribution is 2.12. The van der Waals surface area contributed by atoms with E-state index < -0.39 is 0 Å². The average molecular weight is 249 g/mol. The van der Waals surface area contributed by atoms with E-state index in [-0.39, 0.29) is 5.38 Å². The van der Waals surface area contributed by atoms with Gasteiger partial charge in [-0.25, -0.2) is 0 Å². The van der Waals surface area contributed by atoms with Crippen LogP contribution >= 0.6 is 23.2 Å². The number of alkyl halides is 2. The van der Waals surface area contributed by atoms with Gasteiger partial charge in [0.1, 0.15) is 5.75 Å². The summed E-state index contributed by atoms with van der Waals surface area (Å²) in [5, 5.41) is -0.120. The van der Waals surface area contributed by atoms with E-state index in [1.165, 1.54) is 0 Å². The molecule has 1 rings (SSSR count). The fourth-order valence-electron chi connectivity index (χ4n) is 1.07. The highest BCUT2D eigenvalue weighted by molar-refractivity contribution is 6.28. The Morgan fingerprint density at radius 3 is 2.47 bits per heavy atom. The summed E-state index contributed by atoms with van der Waals surface area (Å²) in [5.41, 5.74) is 1.09. The Hall–Kier alpha value is -0.440. The zero-order valence-electron chi connectivity index (χ0n) is 8.58. The molecular formula is C11H14Cl2O2. The molecule has 1 aromatic rings. The summed E-state index contributed by atoms with van der Waals surface area (Å²) >= 11 is 11.3. The van der Waals surface area contributed by atoms with E-state index in [0.717, 1.165) is 11.3 Å². The molecule has 0 spiro atoms. The molecule has 1 aromatic carbocycles. The van der Waals surface area contributed by atoms with Gasteiger partial charge in [0, 0.05) is 5.88 Å². The van der Waals surface area contributed by atoms with Gasteiger partial charge in [0.15, 0.2) is 0 Å². The number of halogens is 2. The summed E-state index contributed by atoms with van der Waals surface area (Å²) in [6.45, 7) is 1.02. The van der Waals surface area contributed by atoms with Crippen LogP contribution in [0.1, 0.15) is 5.56 Å². The van der Waals surface area contributed by atoms with Gasteiger partial charge in [-0.05, 0) is 17.7 Å². The van der Waals surface area contributed by atoms with Gasteiger partial charge in [0.05, 0.1) is 25.7 Å². The minimum Gasteiger partial charge on any atom is -0.497 e. The summed E-state index contributed by atoms with van der Waals surface area (Å²) in [7, 11) is 1.64. The molecule has 0 amide bonds. The van der Waals surface area contributed by atoms with E-state index in [0.29, 0.717) is 19.1 Å². The molecule has 0 aromatic heterocycles. The van der Waals surface area contributed by atoms with Gasteiger partial charge in [-0.1, -0.05) is 12.1 Å². The topological polar surface area (TPSA) is 18.5 Å². The Kier molecular flexibility index (Phi) is 5.84. The van der Waals surface area contributed by atoms with E-state index in [4.69, 9.17) is 32.7 Å². The van der Waals surface area contributed by atoms with Crippen LogP contribution in [0.25, 0.3) is 0 Å². The van der Waals surface area contributed by atoms with Gasteiger partial charge in [0.25, 0.3) is 0 Å². The van der Waals surface area contributed by atoms with Crippen molar-refractivity contribution in [1.82, 2.24) is 0 Å². The highest BCUT2D eigenvalue weighted by Gasteiger charge is 2.02. The highest BCUT2D eigenvalue weighted by atomic mass is 35.5. The van der Waals surface area contributed by atoms with Crippen molar-refractivity contribution in [1.29, 1.82) is 0 Å². The number of ether oxygens (including phenoxy) is 2. The maximum Gasteiger partial charge on any atom is 0.118 e. The zero-order valence-corrected chi connectivity index (χ0v) is 10.1. The zero-order chi connectivity index (χ0) is 11.1. The number of hydrogen-bond acceptors (Lipinski definition) is 2. The fraction of sp³-hybridized carbons (Fsp3) is 0.455. The summed E-state index contributed by atoms with van der Waals surface area (Å²) < 4.78 is 10.4. The molecule has 0 N–H and O–H groups in total. The van der Waals surface area contributed by atoms with Gasteiger partial charge >= 0.3 is 0 Å². The predicted molar refractivity (Wildman–Crippen MR) is 63.0 cm³/mol. The van der Waals surface area contributed by atoms with E-state index in [9.17, 15) is 0 Å². The Bertz CT molecular complexity index is 274. The summed E-state index contributed by atoms with van der Waals surface area (Å²) in [6.07, 6.45) is 0. The molecule has 2 nitrogen and oxygen atoms in total. The minimum atomic E-state index is -0.120. The molecular weight excluding hydrogens is 235 g/mol. The van der Waals surface area contributed by atoms with Crippen LogP contribution in [0.2, 0.25) is 0 Å². The lowest BCUT2D eigenvalue weighted by molar-refractivity contribution is 0.124. The molecule has 1 unspecified atom stereocenters. The molecule has 0 saturated carbocycles. The number of rotatable bonds is 6. The number of hydrogen-bond donors (Lipinski definition) is 0. The third kappa shape index (κ3) is 4.74. The molecule has 4 heteroatoms. The minimum absolute atomic E-state index is 0.120. The first-order chi connectivity index (χ1) is 7.26. The van der Waals surface area contributed by atoms with Crippen LogP contribution in [0.4, 0.5) is 0 Å². The van der Waals surface area contributed by atoms with Crippen LogP contribution in [-0.4, -0.2) is 25.0 Å². The van der Waals surface area contributed by atoms with Crippen LogP contribution in [0, 0.1) is 0 Å². The Morgan fingerprint density at radius 1 is 1.27 bits per heavy atom. The molecule has 84 valence electrons. The van der Waals surface area contributed by atoms with Gasteiger partial charge in [-0.3, -0.25) is 0 Å². The third-order valence-electron chi connectivity index (χ3n) is 1.89. The summed E-state index contributed by atoms with van der Waals surface area (Å²) in [5.74, 6) is 1.25. The quantitative estimate of drug-likeness (QED) is 0.721. The van der Waals surface area contributed by atoms with Crippen LogP contribution in [0.15, 0.2) is 24.3 Å². The molecule has 0 heterocycles. The second kappa shape index (κ2) is 6.94. The van der Waals surface area contributed by atoms with E-state index in [1.54, 1.807) is 7.11 Å². The molecule has 0 aliphatic rings. The molecule has 0 aliphatic heterocycles. The number of benzene rings is 1. The standard InChI is InChI=1S/C11H14Cl2O2/c1-14-11-4-2-9(3-5-11)7-15-8-10(13)6-12/h2-5,10H,6-8H2,1H3. The summed E-state index contributed by atoms with van der Waals surface area (Å²) in [6, 6.07) is 7.72. The SMILES string of the molecule is COc1ccc(COCC(Cl)CCl)cc1. The van der Waals surface area contributed by atoms with Crippen molar-refractivity contribution in [3.05, 3.63) is 29.8 Å². The molecule has 0 fully saturated rings. The molecule has 0 saturated heterocycles. The molecule has 15 heavy (non-hydrogen) atoms. The largest absolute Gasteiger partial charge is 0.497 e. The molecule has 0 bridgehead atoms. The lowest BCUT2D eigenvalue weighted by atomic mass is 10.2. The lowest BCUT2D eigenvalue weighted by Gasteiger charge is -2.07. The first-order valence-corrected chi connectivity index (χ1v) is 5.64. The molecule has 0 aliphatic carbocycles. The third-order valence-corrected chi connectivity index (χ3v) is 2.70. The predicted octanol–water partition coefficient (Wildman–Crippen LogP) is 3.06. The fourth-order valence-corrected chi connectivity index (χ4v) is 1.25. The second-order valence-corrected chi connectivity index (χ2v) is 4.04. The van der Waals surface area contributed by atoms with Crippen molar-refractivity contribution in [2.45, 2.75) is 12.0 Å². The van der Waals surface area contributed by atoms with Crippen LogP contribution < -0.4 is 4.74 Å². The van der Waals surface area contributed by atoms with Crippen LogP contribution in [0.5, 0.6) is 5.75 Å². The van der Waals surface area contributed by atoms with Crippen molar-refractivity contribution in [2.24, 2.45) is 0 Å². The summed E-state index contributed by atoms with van der Waals surface area (Å²) in [4.78, 5) is 0. The van der Waals surface area contributed by atoms with Crippen LogP contribution in [-0.2, 0) is 11.3 Å². The van der Waals surface area contributed by atoms with E-state index >= 15 is 0 Å². The molecule has 1 atom stereocenters. The van der Waals surface area contributed by atoms with Gasteiger partial charge in [0.2, 0.25) is 0 Å². The normalized spacial score (nSPS) is 12.5. The van der Waals surface area contributed by atoms with Gasteiger partial charge < -0.3 is 9.47 Å². The lowest BCUT2D eigenvalue weighted by Crippen LogP contribution is -2.10. The first kappa shape index (κ1) is 12.6. The maximum absolute atomic E-state index is 5.80. The Labute approximate surface area is 100 Å². The Morgan fingerprint density at radius 2 is 1.93 bits per heavy atom. The van der Waals surface area contributed by atoms with Crippen LogP contribution in [0.3, 0.4) is 0 Å². The number of methoxy groups -OCH3 is 1. The van der Waals surface area contributed by atoms with Gasteiger partial charge in [-0.2, -0.15) is 0 Å².